The molecule has 6 nitrogen and oxygen atoms in total. The number of amides is 1. The predicted octanol–water partition coefficient (Wildman–Crippen LogP) is 5.27. The molecule has 0 atom stereocenters. The van der Waals surface area contributed by atoms with E-state index in [1.54, 1.807) is 16.7 Å². The minimum absolute atomic E-state index is 0.0828. The van der Waals surface area contributed by atoms with Crippen LogP contribution in [0.5, 0.6) is 0 Å². The van der Waals surface area contributed by atoms with Gasteiger partial charge in [0.2, 0.25) is 5.91 Å². The minimum atomic E-state index is -0.0828. The average Bonchev–Trinajstić information content (AvgIpc) is 3.28. The van der Waals surface area contributed by atoms with E-state index >= 15 is 0 Å². The molecule has 4 rings (SSSR count). The van der Waals surface area contributed by atoms with Crippen molar-refractivity contribution < 1.29 is 4.79 Å². The lowest BCUT2D eigenvalue weighted by molar-refractivity contribution is -0.115. The van der Waals surface area contributed by atoms with E-state index in [0.29, 0.717) is 26.6 Å². The zero-order valence-corrected chi connectivity index (χ0v) is 18.4. The first-order valence-electron chi connectivity index (χ1n) is 8.61. The van der Waals surface area contributed by atoms with Crippen LogP contribution in [0, 0.1) is 6.92 Å². The summed E-state index contributed by atoms with van der Waals surface area (Å²) in [7, 11) is 0. The van der Waals surface area contributed by atoms with Crippen LogP contribution in [0.25, 0.3) is 5.65 Å². The monoisotopic (exact) mass is 463 g/mol. The molecular formula is C19H15Cl2N5OS2. The van der Waals surface area contributed by atoms with Crippen molar-refractivity contribution in [1.29, 1.82) is 0 Å². The van der Waals surface area contributed by atoms with Gasteiger partial charge < -0.3 is 5.32 Å². The number of hydrogen-bond donors (Lipinski definition) is 1. The molecule has 0 aliphatic carbocycles. The van der Waals surface area contributed by atoms with Gasteiger partial charge in [0.1, 0.15) is 5.01 Å². The van der Waals surface area contributed by atoms with E-state index in [9.17, 15) is 4.79 Å². The Morgan fingerprint density at radius 3 is 2.93 bits per heavy atom. The first-order chi connectivity index (χ1) is 14.0. The van der Waals surface area contributed by atoms with Crippen LogP contribution in [-0.2, 0) is 17.0 Å². The SMILES string of the molecule is Cc1ccccc1NC(=O)Cc1nc(CSc2nnc3c(Cl)cc(Cl)cn23)cs1. The van der Waals surface area contributed by atoms with Crippen LogP contribution >= 0.6 is 46.3 Å². The van der Waals surface area contributed by atoms with E-state index in [4.69, 9.17) is 23.2 Å². The number of halogens is 2. The summed E-state index contributed by atoms with van der Waals surface area (Å²) in [6, 6.07) is 9.32. The summed E-state index contributed by atoms with van der Waals surface area (Å²) in [6.07, 6.45) is 1.97. The molecule has 148 valence electrons. The molecule has 1 amide bonds. The third-order valence-corrected chi connectivity index (χ3v) is 6.43. The summed E-state index contributed by atoms with van der Waals surface area (Å²) >= 11 is 15.2. The van der Waals surface area contributed by atoms with Gasteiger partial charge in [0, 0.05) is 23.0 Å². The van der Waals surface area contributed by atoms with Crippen LogP contribution in [-0.4, -0.2) is 25.5 Å². The predicted molar refractivity (Wildman–Crippen MR) is 118 cm³/mol. The zero-order chi connectivity index (χ0) is 20.4. The van der Waals surface area contributed by atoms with Crippen molar-refractivity contribution >= 4 is 63.5 Å². The average molecular weight is 464 g/mol. The highest BCUT2D eigenvalue weighted by Gasteiger charge is 2.13. The van der Waals surface area contributed by atoms with Gasteiger partial charge in [-0.05, 0) is 24.6 Å². The van der Waals surface area contributed by atoms with Gasteiger partial charge in [-0.1, -0.05) is 53.2 Å². The summed E-state index contributed by atoms with van der Waals surface area (Å²) in [6.45, 7) is 1.96. The van der Waals surface area contributed by atoms with E-state index in [-0.39, 0.29) is 12.3 Å². The number of thioether (sulfide) groups is 1. The second-order valence-corrected chi connectivity index (χ2v) is 8.97. The van der Waals surface area contributed by atoms with Gasteiger partial charge in [-0.25, -0.2) is 4.98 Å². The number of nitrogens with zero attached hydrogens (tertiary/aromatic N) is 4. The van der Waals surface area contributed by atoms with E-state index in [0.717, 1.165) is 22.0 Å². The fraction of sp³-hybridized carbons (Fsp3) is 0.158. The number of anilines is 1. The fourth-order valence-corrected chi connectivity index (χ4v) is 4.89. The van der Waals surface area contributed by atoms with Gasteiger partial charge in [-0.3, -0.25) is 9.20 Å². The van der Waals surface area contributed by atoms with Crippen molar-refractivity contribution in [2.75, 3.05) is 5.32 Å². The second-order valence-electron chi connectivity index (χ2n) is 6.24. The quantitative estimate of drug-likeness (QED) is 0.394. The van der Waals surface area contributed by atoms with Crippen LogP contribution in [0.3, 0.4) is 0 Å². The van der Waals surface area contributed by atoms with Gasteiger partial charge in [-0.2, -0.15) is 0 Å². The topological polar surface area (TPSA) is 72.2 Å². The molecule has 0 radical (unpaired) electrons. The Bertz CT molecular complexity index is 1190. The summed E-state index contributed by atoms with van der Waals surface area (Å²) in [5.41, 5.74) is 3.28. The summed E-state index contributed by atoms with van der Waals surface area (Å²) < 4.78 is 1.76. The fourth-order valence-electron chi connectivity index (χ4n) is 2.68. The van der Waals surface area contributed by atoms with Crippen LogP contribution in [0.2, 0.25) is 10.0 Å². The Morgan fingerprint density at radius 1 is 1.28 bits per heavy atom. The van der Waals surface area contributed by atoms with E-state index in [2.05, 4.69) is 20.5 Å². The van der Waals surface area contributed by atoms with E-state index in [1.807, 2.05) is 36.6 Å². The van der Waals surface area contributed by atoms with Crippen molar-refractivity contribution in [2.45, 2.75) is 24.3 Å². The third-order valence-electron chi connectivity index (χ3n) is 4.07. The number of pyridine rings is 1. The Hall–Kier alpha value is -2.13. The number of rotatable bonds is 6. The van der Waals surface area contributed by atoms with Crippen molar-refractivity contribution in [3.05, 3.63) is 68.2 Å². The molecule has 0 saturated carbocycles. The maximum absolute atomic E-state index is 12.3. The van der Waals surface area contributed by atoms with Crippen molar-refractivity contribution in [1.82, 2.24) is 19.6 Å². The molecule has 29 heavy (non-hydrogen) atoms. The lowest BCUT2D eigenvalue weighted by atomic mass is 10.2. The molecule has 0 bridgehead atoms. The number of aryl methyl sites for hydroxylation is 1. The Balaban J connectivity index is 1.39. The number of carbonyl (C=O) groups is 1. The smallest absolute Gasteiger partial charge is 0.231 e. The molecule has 1 N–H and O–H groups in total. The number of fused-ring (bicyclic) bond motifs is 1. The Labute approximate surface area is 185 Å². The molecule has 0 saturated heterocycles. The number of hydrogen-bond acceptors (Lipinski definition) is 6. The number of nitrogens with one attached hydrogen (secondary N) is 1. The van der Waals surface area contributed by atoms with E-state index in [1.165, 1.54) is 23.1 Å². The number of carbonyl (C=O) groups excluding carboxylic acids is 1. The molecule has 3 heterocycles. The van der Waals surface area contributed by atoms with Gasteiger partial charge >= 0.3 is 0 Å². The van der Waals surface area contributed by atoms with Gasteiger partial charge in [0.25, 0.3) is 0 Å². The Kier molecular flexibility index (Phi) is 6.05. The zero-order valence-electron chi connectivity index (χ0n) is 15.2. The molecule has 0 unspecified atom stereocenters. The third kappa shape index (κ3) is 4.72. The van der Waals surface area contributed by atoms with Crippen molar-refractivity contribution in [3.8, 4) is 0 Å². The highest BCUT2D eigenvalue weighted by molar-refractivity contribution is 7.98. The first-order valence-corrected chi connectivity index (χ1v) is 11.2. The highest BCUT2D eigenvalue weighted by atomic mass is 35.5. The Morgan fingerprint density at radius 2 is 2.10 bits per heavy atom. The summed E-state index contributed by atoms with van der Waals surface area (Å²) in [4.78, 5) is 16.9. The van der Waals surface area contributed by atoms with Crippen molar-refractivity contribution in [3.63, 3.8) is 0 Å². The molecule has 0 spiro atoms. The standard InChI is InChI=1S/C19H15Cl2N5OS2/c1-11-4-2-3-5-15(11)23-16(27)7-17-22-13(9-28-17)10-29-19-25-24-18-14(21)6-12(20)8-26(18)19/h2-6,8-9H,7,10H2,1H3,(H,23,27). The highest BCUT2D eigenvalue weighted by Crippen LogP contribution is 2.27. The number of benzene rings is 1. The van der Waals surface area contributed by atoms with Gasteiger partial charge in [-0.15, -0.1) is 21.5 Å². The first kappa shape index (κ1) is 20.2. The molecule has 3 aromatic heterocycles. The lowest BCUT2D eigenvalue weighted by Crippen LogP contribution is -2.15. The van der Waals surface area contributed by atoms with Crippen molar-refractivity contribution in [2.24, 2.45) is 0 Å². The second kappa shape index (κ2) is 8.71. The molecule has 0 aliphatic heterocycles. The van der Waals surface area contributed by atoms with E-state index < -0.39 is 0 Å². The number of para-hydroxylation sites is 1. The van der Waals surface area contributed by atoms with Gasteiger partial charge in [0.15, 0.2) is 10.8 Å². The largest absolute Gasteiger partial charge is 0.325 e. The maximum Gasteiger partial charge on any atom is 0.231 e. The lowest BCUT2D eigenvalue weighted by Gasteiger charge is -2.06. The van der Waals surface area contributed by atoms with Gasteiger partial charge in [0.05, 0.1) is 22.2 Å². The molecular weight excluding hydrogens is 449 g/mol. The van der Waals surface area contributed by atoms with Crippen LogP contribution < -0.4 is 5.32 Å². The summed E-state index contributed by atoms with van der Waals surface area (Å²) in [5.74, 6) is 0.515. The molecule has 0 fully saturated rings. The maximum atomic E-state index is 12.3. The normalized spacial score (nSPS) is 11.1. The molecule has 10 heteroatoms. The number of aromatic nitrogens is 4. The molecule has 4 aromatic rings. The summed E-state index contributed by atoms with van der Waals surface area (Å²) in [5, 5.41) is 15.6. The minimum Gasteiger partial charge on any atom is -0.325 e. The van der Waals surface area contributed by atoms with Crippen LogP contribution in [0.15, 0.2) is 47.1 Å². The van der Waals surface area contributed by atoms with Crippen LogP contribution in [0.1, 0.15) is 16.3 Å². The molecule has 1 aromatic carbocycles. The number of thiazole rings is 1. The van der Waals surface area contributed by atoms with Crippen LogP contribution in [0.4, 0.5) is 5.69 Å². The molecule has 0 aliphatic rings.